The molecule has 0 radical (unpaired) electrons. The summed E-state index contributed by atoms with van der Waals surface area (Å²) >= 11 is 0. The van der Waals surface area contributed by atoms with Gasteiger partial charge in [-0.3, -0.25) is 9.59 Å². The minimum absolute atomic E-state index is 0.0235. The van der Waals surface area contributed by atoms with Crippen molar-refractivity contribution < 1.29 is 14.3 Å². The van der Waals surface area contributed by atoms with Crippen molar-refractivity contribution in [3.05, 3.63) is 64.7 Å². The third-order valence-corrected chi connectivity index (χ3v) is 5.08. The maximum absolute atomic E-state index is 12.8. The van der Waals surface area contributed by atoms with Gasteiger partial charge in [-0.05, 0) is 51.0 Å². The quantitative estimate of drug-likeness (QED) is 0.817. The van der Waals surface area contributed by atoms with Crippen LogP contribution in [0.1, 0.15) is 33.5 Å². The maximum atomic E-state index is 12.8. The number of ether oxygens (including phenoxy) is 1. The minimum atomic E-state index is -0.0372. The van der Waals surface area contributed by atoms with Gasteiger partial charge in [-0.25, -0.2) is 0 Å². The van der Waals surface area contributed by atoms with Crippen LogP contribution in [0.4, 0.5) is 0 Å². The number of benzene rings is 2. The Kier molecular flexibility index (Phi) is 6.34. The second-order valence-corrected chi connectivity index (χ2v) is 7.45. The van der Waals surface area contributed by atoms with Crippen molar-refractivity contribution in [3.8, 4) is 5.75 Å². The van der Waals surface area contributed by atoms with Gasteiger partial charge in [0.1, 0.15) is 5.75 Å². The first-order valence-corrected chi connectivity index (χ1v) is 9.78. The van der Waals surface area contributed by atoms with Gasteiger partial charge in [0.2, 0.25) is 0 Å². The van der Waals surface area contributed by atoms with Crippen LogP contribution in [0, 0.1) is 20.8 Å². The number of hydrogen-bond acceptors (Lipinski definition) is 3. The van der Waals surface area contributed by atoms with Crippen LogP contribution >= 0.6 is 0 Å². The molecule has 0 atom stereocenters. The second-order valence-electron chi connectivity index (χ2n) is 7.45. The lowest BCUT2D eigenvalue weighted by Gasteiger charge is -2.22. The number of aryl methyl sites for hydroxylation is 3. The lowest BCUT2D eigenvalue weighted by atomic mass is 10.1. The van der Waals surface area contributed by atoms with E-state index < -0.39 is 0 Å². The molecule has 3 rings (SSSR count). The van der Waals surface area contributed by atoms with Gasteiger partial charge in [-0.1, -0.05) is 35.4 Å². The zero-order valence-corrected chi connectivity index (χ0v) is 16.9. The Balaban J connectivity index is 1.55. The Hall–Kier alpha value is -2.82. The van der Waals surface area contributed by atoms with E-state index in [1.165, 1.54) is 5.56 Å². The first-order chi connectivity index (χ1) is 13.4. The van der Waals surface area contributed by atoms with E-state index in [4.69, 9.17) is 4.74 Å². The Morgan fingerprint density at radius 1 is 0.893 bits per heavy atom. The molecule has 1 aliphatic rings. The van der Waals surface area contributed by atoms with E-state index >= 15 is 0 Å². The average molecular weight is 380 g/mol. The number of carbonyl (C=O) groups is 2. The van der Waals surface area contributed by atoms with E-state index in [0.717, 1.165) is 23.3 Å². The number of carbonyl (C=O) groups excluding carboxylic acids is 2. The lowest BCUT2D eigenvalue weighted by molar-refractivity contribution is -0.133. The highest BCUT2D eigenvalue weighted by molar-refractivity contribution is 5.94. The molecule has 0 saturated carbocycles. The minimum Gasteiger partial charge on any atom is -0.484 e. The normalized spacial score (nSPS) is 14.5. The fraction of sp³-hybridized carbons (Fsp3) is 0.391. The standard InChI is InChI=1S/C23H28N2O3/c1-17-6-4-7-20(15-17)23(27)25-11-5-10-24(12-13-25)22(26)16-28-21-9-8-18(2)14-19(21)3/h4,6-9,14-15H,5,10-13,16H2,1-3H3. The van der Waals surface area contributed by atoms with Gasteiger partial charge in [0.15, 0.2) is 6.61 Å². The predicted molar refractivity (Wildman–Crippen MR) is 110 cm³/mol. The highest BCUT2D eigenvalue weighted by Gasteiger charge is 2.23. The monoisotopic (exact) mass is 380 g/mol. The Labute approximate surface area is 166 Å². The molecule has 2 aromatic rings. The fourth-order valence-electron chi connectivity index (χ4n) is 3.52. The first-order valence-electron chi connectivity index (χ1n) is 9.78. The molecule has 0 spiro atoms. The van der Waals surface area contributed by atoms with Gasteiger partial charge < -0.3 is 14.5 Å². The van der Waals surface area contributed by atoms with E-state index in [0.29, 0.717) is 31.7 Å². The van der Waals surface area contributed by atoms with Crippen LogP contribution in [-0.2, 0) is 4.79 Å². The first kappa shape index (κ1) is 19.9. The van der Waals surface area contributed by atoms with Gasteiger partial charge in [0.05, 0.1) is 0 Å². The van der Waals surface area contributed by atoms with Crippen LogP contribution in [-0.4, -0.2) is 54.4 Å². The van der Waals surface area contributed by atoms with Crippen LogP contribution in [0.15, 0.2) is 42.5 Å². The molecular formula is C23H28N2O3. The van der Waals surface area contributed by atoms with Gasteiger partial charge in [-0.2, -0.15) is 0 Å². The largest absolute Gasteiger partial charge is 0.484 e. The summed E-state index contributed by atoms with van der Waals surface area (Å²) < 4.78 is 5.73. The van der Waals surface area contributed by atoms with Gasteiger partial charge >= 0.3 is 0 Å². The van der Waals surface area contributed by atoms with Crippen molar-refractivity contribution >= 4 is 11.8 Å². The summed E-state index contributed by atoms with van der Waals surface area (Å²) in [6, 6.07) is 13.6. The SMILES string of the molecule is Cc1cccc(C(=O)N2CCCN(C(=O)COc3ccc(C)cc3C)CC2)c1. The predicted octanol–water partition coefficient (Wildman–Crippen LogP) is 3.37. The molecule has 0 aliphatic carbocycles. The van der Waals surface area contributed by atoms with Crippen molar-refractivity contribution in [2.45, 2.75) is 27.2 Å². The van der Waals surface area contributed by atoms with Crippen LogP contribution in [0.3, 0.4) is 0 Å². The van der Waals surface area contributed by atoms with E-state index in [2.05, 4.69) is 0 Å². The number of hydrogen-bond donors (Lipinski definition) is 0. The van der Waals surface area contributed by atoms with E-state index in [1.54, 1.807) is 4.90 Å². The number of nitrogens with zero attached hydrogens (tertiary/aromatic N) is 2. The molecule has 148 valence electrons. The zero-order chi connectivity index (χ0) is 20.1. The molecule has 2 amide bonds. The van der Waals surface area contributed by atoms with E-state index in [-0.39, 0.29) is 18.4 Å². The molecule has 0 aromatic heterocycles. The summed E-state index contributed by atoms with van der Waals surface area (Å²) in [6.45, 7) is 8.40. The molecular weight excluding hydrogens is 352 g/mol. The topological polar surface area (TPSA) is 49.9 Å². The molecule has 0 unspecified atom stereocenters. The summed E-state index contributed by atoms with van der Waals surface area (Å²) in [5, 5.41) is 0. The van der Waals surface area contributed by atoms with Crippen molar-refractivity contribution in [2.75, 3.05) is 32.8 Å². The van der Waals surface area contributed by atoms with E-state index in [9.17, 15) is 9.59 Å². The third-order valence-electron chi connectivity index (χ3n) is 5.08. The van der Waals surface area contributed by atoms with Gasteiger partial charge in [0, 0.05) is 31.7 Å². The Bertz CT molecular complexity index is 863. The van der Waals surface area contributed by atoms with Crippen molar-refractivity contribution in [3.63, 3.8) is 0 Å². The Morgan fingerprint density at radius 3 is 2.36 bits per heavy atom. The summed E-state index contributed by atoms with van der Waals surface area (Å²) in [6.07, 6.45) is 0.771. The smallest absolute Gasteiger partial charge is 0.260 e. The molecule has 1 heterocycles. The number of amides is 2. The third kappa shape index (κ3) is 4.91. The maximum Gasteiger partial charge on any atom is 0.260 e. The highest BCUT2D eigenvalue weighted by atomic mass is 16.5. The highest BCUT2D eigenvalue weighted by Crippen LogP contribution is 2.19. The molecule has 5 heteroatoms. The summed E-state index contributed by atoms with van der Waals surface area (Å²) in [4.78, 5) is 29.0. The molecule has 5 nitrogen and oxygen atoms in total. The van der Waals surface area contributed by atoms with Crippen LogP contribution in [0.2, 0.25) is 0 Å². The van der Waals surface area contributed by atoms with Crippen LogP contribution in [0.25, 0.3) is 0 Å². The fourth-order valence-corrected chi connectivity index (χ4v) is 3.52. The summed E-state index contributed by atoms with van der Waals surface area (Å²) in [7, 11) is 0. The van der Waals surface area contributed by atoms with Crippen molar-refractivity contribution in [1.82, 2.24) is 9.80 Å². The summed E-state index contributed by atoms with van der Waals surface area (Å²) in [5.74, 6) is 0.736. The van der Waals surface area contributed by atoms with Crippen LogP contribution in [0.5, 0.6) is 5.75 Å². The molecule has 2 aromatic carbocycles. The van der Waals surface area contributed by atoms with Gasteiger partial charge in [-0.15, -0.1) is 0 Å². The van der Waals surface area contributed by atoms with Crippen molar-refractivity contribution in [1.29, 1.82) is 0 Å². The van der Waals surface area contributed by atoms with Gasteiger partial charge in [0.25, 0.3) is 11.8 Å². The van der Waals surface area contributed by atoms with E-state index in [1.807, 2.05) is 68.1 Å². The molecule has 1 fully saturated rings. The Morgan fingerprint density at radius 2 is 1.61 bits per heavy atom. The average Bonchev–Trinajstić information content (AvgIpc) is 2.93. The lowest BCUT2D eigenvalue weighted by Crippen LogP contribution is -2.39. The molecule has 0 N–H and O–H groups in total. The molecule has 1 saturated heterocycles. The second kappa shape index (κ2) is 8.91. The molecule has 1 aliphatic heterocycles. The van der Waals surface area contributed by atoms with Crippen LogP contribution < -0.4 is 4.74 Å². The molecule has 0 bridgehead atoms. The zero-order valence-electron chi connectivity index (χ0n) is 16.9. The van der Waals surface area contributed by atoms with Crippen molar-refractivity contribution in [2.24, 2.45) is 0 Å². The molecule has 28 heavy (non-hydrogen) atoms. The summed E-state index contributed by atoms with van der Waals surface area (Å²) in [5.41, 5.74) is 3.97. The number of rotatable bonds is 4.